The van der Waals surface area contributed by atoms with Crippen LogP contribution in [0.25, 0.3) is 0 Å². The quantitative estimate of drug-likeness (QED) is 0.753. The molecular weight excluding hydrogens is 252 g/mol. The van der Waals surface area contributed by atoms with Crippen LogP contribution in [-0.4, -0.2) is 24.8 Å². The average molecular weight is 265 g/mol. The van der Waals surface area contributed by atoms with Gasteiger partial charge in [0.15, 0.2) is 11.5 Å². The molecule has 0 aliphatic carbocycles. The van der Waals surface area contributed by atoms with Gasteiger partial charge in [0.05, 0.1) is 12.0 Å². The second kappa shape index (κ2) is 5.47. The maximum absolute atomic E-state index is 11.4. The molecule has 102 valence electrons. The van der Waals surface area contributed by atoms with E-state index in [-0.39, 0.29) is 13.3 Å². The van der Waals surface area contributed by atoms with Gasteiger partial charge in [-0.15, -0.1) is 0 Å². The molecule has 2 N–H and O–H groups in total. The van der Waals surface area contributed by atoms with Crippen LogP contribution in [0.15, 0.2) is 18.2 Å². The van der Waals surface area contributed by atoms with Crippen molar-refractivity contribution in [3.8, 4) is 11.5 Å². The predicted molar refractivity (Wildman–Crippen MR) is 62.4 cm³/mol. The van der Waals surface area contributed by atoms with Gasteiger partial charge in [-0.2, -0.15) is 0 Å². The number of carboxylic acids is 1. The minimum absolute atomic E-state index is 0.190. The Hall–Kier alpha value is -2.44. The molecule has 1 aliphatic rings. The second-order valence-electron chi connectivity index (χ2n) is 4.06. The Balaban J connectivity index is 1.85. The molecule has 0 radical (unpaired) electrons. The Morgan fingerprint density at radius 3 is 2.84 bits per heavy atom. The lowest BCUT2D eigenvalue weighted by Crippen LogP contribution is -2.49. The first-order chi connectivity index (χ1) is 9.06. The minimum Gasteiger partial charge on any atom is -0.548 e. The van der Waals surface area contributed by atoms with E-state index in [9.17, 15) is 14.7 Å². The molecule has 1 aliphatic heterocycles. The summed E-state index contributed by atoms with van der Waals surface area (Å²) in [6.07, 6.45) is 0. The van der Waals surface area contributed by atoms with Crippen LogP contribution in [0.2, 0.25) is 0 Å². The van der Waals surface area contributed by atoms with Crippen molar-refractivity contribution in [1.82, 2.24) is 10.6 Å². The van der Waals surface area contributed by atoms with Crippen LogP contribution in [-0.2, 0) is 11.3 Å². The Morgan fingerprint density at radius 2 is 2.11 bits per heavy atom. The highest BCUT2D eigenvalue weighted by Crippen LogP contribution is 2.32. The van der Waals surface area contributed by atoms with E-state index >= 15 is 0 Å². The molecule has 0 unspecified atom stereocenters. The standard InChI is InChI=1S/C12H14N2O5/c1-7(11(15)16)14-12(17)13-5-8-2-3-9-10(4-8)19-6-18-9/h2-4,7H,5-6H2,1H3,(H,15,16)(H2,13,14,17)/p-1/t7-/m0/s1. The Morgan fingerprint density at radius 1 is 1.37 bits per heavy atom. The van der Waals surface area contributed by atoms with E-state index in [1.54, 1.807) is 18.2 Å². The number of aliphatic carboxylic acids is 1. The van der Waals surface area contributed by atoms with Gasteiger partial charge in [-0.05, 0) is 24.6 Å². The maximum atomic E-state index is 11.4. The molecule has 0 fully saturated rings. The maximum Gasteiger partial charge on any atom is 0.315 e. The third kappa shape index (κ3) is 3.27. The zero-order valence-corrected chi connectivity index (χ0v) is 10.3. The average Bonchev–Trinajstić information content (AvgIpc) is 2.83. The number of rotatable bonds is 4. The molecule has 19 heavy (non-hydrogen) atoms. The van der Waals surface area contributed by atoms with Gasteiger partial charge in [-0.1, -0.05) is 6.07 Å². The smallest absolute Gasteiger partial charge is 0.315 e. The lowest BCUT2D eigenvalue weighted by atomic mass is 10.2. The minimum atomic E-state index is -1.33. The number of fused-ring (bicyclic) bond motifs is 1. The van der Waals surface area contributed by atoms with Crippen molar-refractivity contribution >= 4 is 12.0 Å². The summed E-state index contributed by atoms with van der Waals surface area (Å²) < 4.78 is 10.4. The molecule has 1 aromatic carbocycles. The highest BCUT2D eigenvalue weighted by molar-refractivity contribution is 5.81. The van der Waals surface area contributed by atoms with Crippen LogP contribution < -0.4 is 25.2 Å². The molecule has 1 aromatic rings. The number of urea groups is 1. The number of hydrogen-bond donors (Lipinski definition) is 2. The number of carbonyl (C=O) groups excluding carboxylic acids is 2. The van der Waals surface area contributed by atoms with Crippen LogP contribution >= 0.6 is 0 Å². The number of amides is 2. The first kappa shape index (κ1) is 13.0. The first-order valence-electron chi connectivity index (χ1n) is 5.70. The summed E-state index contributed by atoms with van der Waals surface area (Å²) in [6.45, 7) is 1.77. The monoisotopic (exact) mass is 265 g/mol. The predicted octanol–water partition coefficient (Wildman–Crippen LogP) is -0.647. The SMILES string of the molecule is C[C@H](NC(=O)NCc1ccc2c(c1)OCO2)C(=O)[O-]. The zero-order chi connectivity index (χ0) is 13.8. The van der Waals surface area contributed by atoms with Crippen LogP contribution in [0.3, 0.4) is 0 Å². The molecule has 2 rings (SSSR count). The van der Waals surface area contributed by atoms with Gasteiger partial charge >= 0.3 is 6.03 Å². The summed E-state index contributed by atoms with van der Waals surface area (Å²) in [7, 11) is 0. The van der Waals surface area contributed by atoms with Crippen LogP contribution in [0.5, 0.6) is 11.5 Å². The normalized spacial score (nSPS) is 13.7. The number of carbonyl (C=O) groups is 2. The van der Waals surface area contributed by atoms with E-state index in [0.717, 1.165) is 5.56 Å². The first-order valence-corrected chi connectivity index (χ1v) is 5.70. The number of carboxylic acid groups (broad SMARTS) is 1. The van der Waals surface area contributed by atoms with Gasteiger partial charge in [-0.3, -0.25) is 0 Å². The van der Waals surface area contributed by atoms with Crippen molar-refractivity contribution in [2.75, 3.05) is 6.79 Å². The fourth-order valence-corrected chi connectivity index (χ4v) is 1.54. The highest BCUT2D eigenvalue weighted by atomic mass is 16.7. The molecular formula is C12H13N2O5-. The van der Waals surface area contributed by atoms with E-state index in [4.69, 9.17) is 9.47 Å². The third-order valence-corrected chi connectivity index (χ3v) is 2.59. The molecule has 7 heteroatoms. The van der Waals surface area contributed by atoms with Crippen LogP contribution in [0.4, 0.5) is 4.79 Å². The van der Waals surface area contributed by atoms with E-state index in [2.05, 4.69) is 10.6 Å². The van der Waals surface area contributed by atoms with Gasteiger partial charge in [0, 0.05) is 6.54 Å². The molecule has 0 bridgehead atoms. The van der Waals surface area contributed by atoms with Crippen molar-refractivity contribution in [2.24, 2.45) is 0 Å². The van der Waals surface area contributed by atoms with Crippen LogP contribution in [0, 0.1) is 0 Å². The molecule has 1 heterocycles. The van der Waals surface area contributed by atoms with E-state index in [1.807, 2.05) is 0 Å². The fourth-order valence-electron chi connectivity index (χ4n) is 1.54. The van der Waals surface area contributed by atoms with Crippen LogP contribution in [0.1, 0.15) is 12.5 Å². The van der Waals surface area contributed by atoms with Gasteiger partial charge < -0.3 is 30.0 Å². The van der Waals surface area contributed by atoms with E-state index in [1.165, 1.54) is 6.92 Å². The van der Waals surface area contributed by atoms with Crippen molar-refractivity contribution in [1.29, 1.82) is 0 Å². The van der Waals surface area contributed by atoms with Gasteiger partial charge in [0.25, 0.3) is 0 Å². The molecule has 0 saturated heterocycles. The molecule has 0 spiro atoms. The summed E-state index contributed by atoms with van der Waals surface area (Å²) in [5.41, 5.74) is 0.820. The summed E-state index contributed by atoms with van der Waals surface area (Å²) in [5.74, 6) is -0.0418. The highest BCUT2D eigenvalue weighted by Gasteiger charge is 2.13. The lowest BCUT2D eigenvalue weighted by molar-refractivity contribution is -0.307. The van der Waals surface area contributed by atoms with Crippen molar-refractivity contribution < 1.29 is 24.2 Å². The molecule has 1 atom stereocenters. The summed E-state index contributed by atoms with van der Waals surface area (Å²) >= 11 is 0. The topological polar surface area (TPSA) is 99.7 Å². The van der Waals surface area contributed by atoms with Gasteiger partial charge in [-0.25, -0.2) is 4.79 Å². The number of benzene rings is 1. The Labute approximate surface area is 109 Å². The largest absolute Gasteiger partial charge is 0.548 e. The van der Waals surface area contributed by atoms with Crippen molar-refractivity contribution in [3.05, 3.63) is 23.8 Å². The van der Waals surface area contributed by atoms with Crippen molar-refractivity contribution in [2.45, 2.75) is 19.5 Å². The van der Waals surface area contributed by atoms with Gasteiger partial charge in [0.1, 0.15) is 0 Å². The molecule has 7 nitrogen and oxygen atoms in total. The second-order valence-corrected chi connectivity index (χ2v) is 4.06. The third-order valence-electron chi connectivity index (χ3n) is 2.59. The Kier molecular flexibility index (Phi) is 3.74. The molecule has 0 aromatic heterocycles. The number of ether oxygens (including phenoxy) is 2. The van der Waals surface area contributed by atoms with E-state index < -0.39 is 18.0 Å². The number of nitrogens with one attached hydrogen (secondary N) is 2. The van der Waals surface area contributed by atoms with E-state index in [0.29, 0.717) is 11.5 Å². The summed E-state index contributed by atoms with van der Waals surface area (Å²) in [6, 6.07) is 3.67. The van der Waals surface area contributed by atoms with Crippen molar-refractivity contribution in [3.63, 3.8) is 0 Å². The Bertz CT molecular complexity index is 503. The lowest BCUT2D eigenvalue weighted by Gasteiger charge is -2.15. The number of hydrogen-bond acceptors (Lipinski definition) is 5. The fraction of sp³-hybridized carbons (Fsp3) is 0.333. The molecule has 2 amide bonds. The zero-order valence-electron chi connectivity index (χ0n) is 10.3. The summed E-state index contributed by atoms with van der Waals surface area (Å²) in [5, 5.41) is 15.2. The summed E-state index contributed by atoms with van der Waals surface area (Å²) in [4.78, 5) is 21.8. The molecule has 0 saturated carbocycles. The van der Waals surface area contributed by atoms with Gasteiger partial charge in [0.2, 0.25) is 6.79 Å².